The third-order valence-electron chi connectivity index (χ3n) is 5.32. The molecule has 4 rings (SSSR count). The number of fused-ring (bicyclic) bond motifs is 1. The minimum absolute atomic E-state index is 0.198. The first-order valence-electron chi connectivity index (χ1n) is 10.8. The molecule has 1 atom stereocenters. The van der Waals surface area contributed by atoms with Crippen LogP contribution < -0.4 is 24.4 Å². The molecule has 7 nitrogen and oxygen atoms in total. The Kier molecular flexibility index (Phi) is 7.04. The molecule has 0 amide bonds. The molecule has 3 aromatic rings. The molecule has 178 valence electrons. The second kappa shape index (κ2) is 9.99. The highest BCUT2D eigenvalue weighted by Gasteiger charge is 2.34. The number of hydrogen-bond acceptors (Lipinski definition) is 8. The molecule has 1 aromatic carbocycles. The Balaban J connectivity index is 1.89. The lowest BCUT2D eigenvalue weighted by Gasteiger charge is -2.23. The van der Waals surface area contributed by atoms with Gasteiger partial charge in [0.2, 0.25) is 0 Å². The Morgan fingerprint density at radius 3 is 2.65 bits per heavy atom. The summed E-state index contributed by atoms with van der Waals surface area (Å²) in [6, 6.07) is 8.73. The van der Waals surface area contributed by atoms with E-state index in [4.69, 9.17) is 14.2 Å². The number of ether oxygens (including phenoxy) is 3. The predicted octanol–water partition coefficient (Wildman–Crippen LogP) is 3.51. The van der Waals surface area contributed by atoms with E-state index in [9.17, 15) is 9.59 Å². The number of hydrogen-bond donors (Lipinski definition) is 0. The van der Waals surface area contributed by atoms with Crippen molar-refractivity contribution in [1.29, 1.82) is 0 Å². The third-order valence-corrected chi connectivity index (χ3v) is 7.23. The van der Waals surface area contributed by atoms with Crippen LogP contribution in [-0.4, -0.2) is 31.4 Å². The zero-order valence-corrected chi connectivity index (χ0v) is 21.3. The molecule has 3 heterocycles. The topological polar surface area (TPSA) is 79.1 Å². The van der Waals surface area contributed by atoms with Crippen LogP contribution in [0.2, 0.25) is 0 Å². The van der Waals surface area contributed by atoms with Crippen molar-refractivity contribution < 1.29 is 19.0 Å². The average molecular weight is 499 g/mol. The number of carbonyl (C=O) groups excluding carboxylic acids is 1. The van der Waals surface area contributed by atoms with Crippen molar-refractivity contribution in [2.24, 2.45) is 10.9 Å². The zero-order chi connectivity index (χ0) is 24.4. The van der Waals surface area contributed by atoms with Crippen LogP contribution in [0.1, 0.15) is 37.3 Å². The van der Waals surface area contributed by atoms with Gasteiger partial charge in [0.15, 0.2) is 16.3 Å². The van der Waals surface area contributed by atoms with E-state index in [1.807, 2.05) is 43.5 Å². The van der Waals surface area contributed by atoms with Crippen molar-refractivity contribution in [3.05, 3.63) is 77.1 Å². The first-order valence-corrected chi connectivity index (χ1v) is 12.5. The number of benzene rings is 1. The fourth-order valence-corrected chi connectivity index (χ4v) is 5.65. The van der Waals surface area contributed by atoms with Gasteiger partial charge in [0.05, 0.1) is 36.6 Å². The van der Waals surface area contributed by atoms with E-state index in [1.54, 1.807) is 37.9 Å². The highest BCUT2D eigenvalue weighted by molar-refractivity contribution is 7.10. The van der Waals surface area contributed by atoms with Crippen LogP contribution in [0.5, 0.6) is 11.5 Å². The van der Waals surface area contributed by atoms with Crippen molar-refractivity contribution in [2.75, 3.05) is 20.8 Å². The Morgan fingerprint density at radius 2 is 2.00 bits per heavy atom. The average Bonchev–Trinajstić information content (AvgIpc) is 3.45. The molecule has 0 saturated heterocycles. The normalized spacial score (nSPS) is 15.8. The van der Waals surface area contributed by atoms with Crippen molar-refractivity contribution in [2.45, 2.75) is 26.8 Å². The van der Waals surface area contributed by atoms with Crippen molar-refractivity contribution in [3.8, 4) is 11.5 Å². The molecule has 0 saturated carbocycles. The van der Waals surface area contributed by atoms with Gasteiger partial charge in [0, 0.05) is 10.4 Å². The van der Waals surface area contributed by atoms with E-state index in [2.05, 4.69) is 4.99 Å². The van der Waals surface area contributed by atoms with E-state index in [1.165, 1.54) is 22.7 Å². The number of aromatic nitrogens is 1. The van der Waals surface area contributed by atoms with Crippen molar-refractivity contribution in [3.63, 3.8) is 0 Å². The van der Waals surface area contributed by atoms with E-state index in [0.717, 1.165) is 4.88 Å². The smallest absolute Gasteiger partial charge is 0.338 e. The summed E-state index contributed by atoms with van der Waals surface area (Å²) < 4.78 is 18.5. The van der Waals surface area contributed by atoms with E-state index >= 15 is 0 Å². The summed E-state index contributed by atoms with van der Waals surface area (Å²) in [5, 5.41) is 1.93. The van der Waals surface area contributed by atoms with Crippen LogP contribution in [-0.2, 0) is 9.53 Å². The maximum Gasteiger partial charge on any atom is 0.338 e. The van der Waals surface area contributed by atoms with Crippen LogP contribution in [0.4, 0.5) is 0 Å². The maximum absolute atomic E-state index is 13.7. The molecule has 0 aliphatic carbocycles. The number of rotatable bonds is 7. The summed E-state index contributed by atoms with van der Waals surface area (Å²) in [5.41, 5.74) is 1.43. The Labute approximate surface area is 205 Å². The molecule has 1 unspecified atom stereocenters. The molecular formula is C25H26N2O5S2. The Morgan fingerprint density at radius 1 is 1.21 bits per heavy atom. The Bertz CT molecular complexity index is 1410. The highest BCUT2D eigenvalue weighted by Crippen LogP contribution is 2.34. The van der Waals surface area contributed by atoms with Crippen molar-refractivity contribution >= 4 is 34.7 Å². The summed E-state index contributed by atoms with van der Waals surface area (Å²) >= 11 is 2.76. The fourth-order valence-electron chi connectivity index (χ4n) is 3.79. The van der Waals surface area contributed by atoms with Gasteiger partial charge in [-0.2, -0.15) is 0 Å². The Hall–Kier alpha value is -3.17. The highest BCUT2D eigenvalue weighted by atomic mass is 32.1. The molecule has 1 aliphatic rings. The molecule has 0 bridgehead atoms. The van der Waals surface area contributed by atoms with Crippen LogP contribution in [0.15, 0.2) is 56.8 Å². The second-order valence-electron chi connectivity index (χ2n) is 8.17. The lowest BCUT2D eigenvalue weighted by molar-refractivity contribution is -0.140. The summed E-state index contributed by atoms with van der Waals surface area (Å²) in [4.78, 5) is 32.8. The molecule has 1 aliphatic heterocycles. The van der Waals surface area contributed by atoms with Crippen LogP contribution >= 0.6 is 22.7 Å². The lowest BCUT2D eigenvalue weighted by Crippen LogP contribution is -2.39. The molecule has 0 fully saturated rings. The molecule has 0 N–H and O–H groups in total. The summed E-state index contributed by atoms with van der Waals surface area (Å²) in [6.07, 6.45) is 1.77. The first-order chi connectivity index (χ1) is 16.3. The van der Waals surface area contributed by atoms with Crippen LogP contribution in [0, 0.1) is 5.92 Å². The van der Waals surface area contributed by atoms with Gasteiger partial charge in [-0.1, -0.05) is 43.4 Å². The standard InChI is InChI=1S/C25H26N2O5S2/c1-14(2)13-32-24(29)20-15(3)26-25-27(21(20)18-10-7-11-33-18)23(28)19(34-25)12-16-8-6-9-17(30-4)22(16)31-5/h6-12,14,21H,13H2,1-5H3. The zero-order valence-electron chi connectivity index (χ0n) is 19.7. The molecule has 34 heavy (non-hydrogen) atoms. The number of allylic oxidation sites excluding steroid dienone is 1. The number of esters is 1. The summed E-state index contributed by atoms with van der Waals surface area (Å²) in [6.45, 7) is 6.04. The molecule has 0 radical (unpaired) electrons. The van der Waals surface area contributed by atoms with Gasteiger partial charge < -0.3 is 14.2 Å². The quantitative estimate of drug-likeness (QED) is 0.466. The van der Waals surface area contributed by atoms with Gasteiger partial charge in [0.25, 0.3) is 5.56 Å². The van der Waals surface area contributed by atoms with Gasteiger partial charge in [-0.3, -0.25) is 9.36 Å². The van der Waals surface area contributed by atoms with Gasteiger partial charge in [-0.05, 0) is 36.4 Å². The first kappa shape index (κ1) is 24.0. The fraction of sp³-hybridized carbons (Fsp3) is 0.320. The maximum atomic E-state index is 13.7. The monoisotopic (exact) mass is 498 g/mol. The molecular weight excluding hydrogens is 472 g/mol. The molecule has 0 spiro atoms. The number of methoxy groups -OCH3 is 2. The van der Waals surface area contributed by atoms with E-state index in [-0.39, 0.29) is 11.5 Å². The minimum atomic E-state index is -0.592. The van der Waals surface area contributed by atoms with E-state index < -0.39 is 12.0 Å². The SMILES string of the molecule is COc1cccc(C=c2sc3n(c2=O)C(c2cccs2)C(C(=O)OCC(C)C)=C(C)N=3)c1OC. The second-order valence-corrected chi connectivity index (χ2v) is 10.2. The molecule has 9 heteroatoms. The molecule has 2 aromatic heterocycles. The van der Waals surface area contributed by atoms with Crippen molar-refractivity contribution in [1.82, 2.24) is 4.57 Å². The van der Waals surface area contributed by atoms with Crippen LogP contribution in [0.25, 0.3) is 6.08 Å². The van der Waals surface area contributed by atoms with Gasteiger partial charge in [-0.25, -0.2) is 9.79 Å². The number of para-hydroxylation sites is 1. The van der Waals surface area contributed by atoms with E-state index in [0.29, 0.717) is 44.3 Å². The predicted molar refractivity (Wildman–Crippen MR) is 133 cm³/mol. The summed E-state index contributed by atoms with van der Waals surface area (Å²) in [5.74, 6) is 0.868. The van der Waals surface area contributed by atoms with Gasteiger partial charge in [0.1, 0.15) is 6.04 Å². The minimum Gasteiger partial charge on any atom is -0.493 e. The number of thiazole rings is 1. The number of nitrogens with zero attached hydrogens (tertiary/aromatic N) is 2. The van der Waals surface area contributed by atoms with Crippen LogP contribution in [0.3, 0.4) is 0 Å². The largest absolute Gasteiger partial charge is 0.493 e. The van der Waals surface area contributed by atoms with Gasteiger partial charge in [-0.15, -0.1) is 11.3 Å². The summed E-state index contributed by atoms with van der Waals surface area (Å²) in [7, 11) is 3.13. The van der Waals surface area contributed by atoms with Gasteiger partial charge >= 0.3 is 5.97 Å². The third kappa shape index (κ3) is 4.45. The lowest BCUT2D eigenvalue weighted by atomic mass is 10.0. The number of thiophene rings is 1. The number of carbonyl (C=O) groups is 1.